The molecule has 1 N–H and O–H groups in total. The van der Waals surface area contributed by atoms with Crippen molar-refractivity contribution in [1.29, 1.82) is 0 Å². The molecule has 3 aliphatic heterocycles. The predicted octanol–water partition coefficient (Wildman–Crippen LogP) is 0.836. The fraction of sp³-hybridized carbons (Fsp3) is 0.526. The van der Waals surface area contributed by atoms with E-state index in [1.165, 1.54) is 17.1 Å². The van der Waals surface area contributed by atoms with E-state index in [0.29, 0.717) is 19.5 Å². The Balaban J connectivity index is 1.86. The van der Waals surface area contributed by atoms with Crippen molar-refractivity contribution in [2.24, 2.45) is 11.8 Å². The maximum atomic E-state index is 12.6. The van der Waals surface area contributed by atoms with Crippen molar-refractivity contribution < 1.29 is 29.0 Å². The van der Waals surface area contributed by atoms with Crippen LogP contribution in [0.1, 0.15) is 13.3 Å². The van der Waals surface area contributed by atoms with Crippen LogP contribution in [0.3, 0.4) is 0 Å². The SMILES string of the molecule is C=CCOC(=O)C1=C2CCN(C(=O)OCC=C)C[C@H]2[C@@H]2[C@@H]([C@@H](C)O)C(=O)N12. The molecular weight excluding hydrogens is 352 g/mol. The fourth-order valence-corrected chi connectivity index (χ4v) is 4.18. The van der Waals surface area contributed by atoms with Crippen LogP contribution in [0, 0.1) is 11.8 Å². The van der Waals surface area contributed by atoms with E-state index in [1.54, 1.807) is 11.8 Å². The van der Waals surface area contributed by atoms with Crippen LogP contribution in [0.4, 0.5) is 4.79 Å². The Hall–Kier alpha value is -2.61. The summed E-state index contributed by atoms with van der Waals surface area (Å²) in [6.45, 7) is 9.47. The molecular formula is C19H24N2O6. The first-order chi connectivity index (χ1) is 12.9. The zero-order chi connectivity index (χ0) is 19.7. The number of nitrogens with zero attached hydrogens (tertiary/aromatic N) is 2. The van der Waals surface area contributed by atoms with Gasteiger partial charge in [-0.15, -0.1) is 0 Å². The molecule has 146 valence electrons. The standard InChI is InChI=1S/C19H24N2O6/c1-4-8-26-18(24)16-12-6-7-20(19(25)27-9-5-2)10-13(12)15-14(11(3)22)17(23)21(15)16/h4-5,11,13-15,22H,1-2,6-10H2,3H3/t11-,13-,14-,15-/m1/s1. The molecule has 27 heavy (non-hydrogen) atoms. The molecule has 8 heteroatoms. The average molecular weight is 376 g/mol. The van der Waals surface area contributed by atoms with E-state index in [2.05, 4.69) is 13.2 Å². The molecule has 0 aromatic carbocycles. The van der Waals surface area contributed by atoms with E-state index in [4.69, 9.17) is 9.47 Å². The molecule has 0 radical (unpaired) electrons. The number of hydrogen-bond acceptors (Lipinski definition) is 6. The number of esters is 1. The number of fused-ring (bicyclic) bond motifs is 3. The third-order valence-corrected chi connectivity index (χ3v) is 5.29. The molecule has 3 rings (SSSR count). The fourth-order valence-electron chi connectivity index (χ4n) is 4.18. The zero-order valence-electron chi connectivity index (χ0n) is 15.3. The van der Waals surface area contributed by atoms with Crippen molar-refractivity contribution >= 4 is 18.0 Å². The minimum atomic E-state index is -0.841. The van der Waals surface area contributed by atoms with E-state index >= 15 is 0 Å². The summed E-state index contributed by atoms with van der Waals surface area (Å²) in [4.78, 5) is 40.3. The van der Waals surface area contributed by atoms with Gasteiger partial charge in [0, 0.05) is 19.0 Å². The van der Waals surface area contributed by atoms with Gasteiger partial charge in [-0.3, -0.25) is 4.79 Å². The molecule has 0 aromatic heterocycles. The maximum Gasteiger partial charge on any atom is 0.410 e. The van der Waals surface area contributed by atoms with Gasteiger partial charge >= 0.3 is 12.1 Å². The highest BCUT2D eigenvalue weighted by Gasteiger charge is 2.62. The number of hydrogen-bond donors (Lipinski definition) is 1. The lowest BCUT2D eigenvalue weighted by molar-refractivity contribution is -0.164. The lowest BCUT2D eigenvalue weighted by atomic mass is 9.75. The summed E-state index contributed by atoms with van der Waals surface area (Å²) < 4.78 is 10.3. The normalized spacial score (nSPS) is 27.3. The van der Waals surface area contributed by atoms with Gasteiger partial charge in [-0.05, 0) is 18.9 Å². The molecule has 0 aliphatic carbocycles. The van der Waals surface area contributed by atoms with Gasteiger partial charge in [-0.2, -0.15) is 0 Å². The van der Waals surface area contributed by atoms with Crippen LogP contribution in [-0.4, -0.2) is 71.3 Å². The molecule has 8 nitrogen and oxygen atoms in total. The third kappa shape index (κ3) is 3.14. The number of likely N-dealkylation sites (tertiary alicyclic amines) is 1. The summed E-state index contributed by atoms with van der Waals surface area (Å²) in [5, 5.41) is 10.0. The number of ether oxygens (including phenoxy) is 2. The first-order valence-electron chi connectivity index (χ1n) is 8.97. The van der Waals surface area contributed by atoms with Crippen molar-refractivity contribution in [3.05, 3.63) is 36.6 Å². The van der Waals surface area contributed by atoms with Crippen LogP contribution in [-0.2, 0) is 19.1 Å². The number of aliphatic hydroxyl groups excluding tert-OH is 1. The second-order valence-corrected chi connectivity index (χ2v) is 6.89. The molecule has 4 atom stereocenters. The van der Waals surface area contributed by atoms with Crippen LogP contribution in [0.25, 0.3) is 0 Å². The van der Waals surface area contributed by atoms with Gasteiger partial charge in [0.05, 0.1) is 18.1 Å². The average Bonchev–Trinajstić information content (AvgIpc) is 2.93. The lowest BCUT2D eigenvalue weighted by Gasteiger charge is -2.48. The molecule has 0 bridgehead atoms. The van der Waals surface area contributed by atoms with Gasteiger partial charge in [0.15, 0.2) is 0 Å². The number of aliphatic hydroxyl groups is 1. The Morgan fingerprint density at radius 2 is 1.96 bits per heavy atom. The Bertz CT molecular complexity index is 713. The quantitative estimate of drug-likeness (QED) is 0.419. The summed E-state index contributed by atoms with van der Waals surface area (Å²) in [7, 11) is 0. The largest absolute Gasteiger partial charge is 0.457 e. The molecule has 0 aromatic rings. The molecule has 0 unspecified atom stereocenters. The van der Waals surface area contributed by atoms with Gasteiger partial charge in [0.25, 0.3) is 0 Å². The van der Waals surface area contributed by atoms with E-state index in [0.717, 1.165) is 5.57 Å². The summed E-state index contributed by atoms with van der Waals surface area (Å²) in [5.74, 6) is -1.68. The highest BCUT2D eigenvalue weighted by molar-refractivity contribution is 6.01. The predicted molar refractivity (Wildman–Crippen MR) is 95.2 cm³/mol. The van der Waals surface area contributed by atoms with Crippen molar-refractivity contribution in [2.75, 3.05) is 26.3 Å². The second-order valence-electron chi connectivity index (χ2n) is 6.89. The van der Waals surface area contributed by atoms with Crippen molar-refractivity contribution in [3.8, 4) is 0 Å². The number of amides is 2. The topological polar surface area (TPSA) is 96.4 Å². The van der Waals surface area contributed by atoms with Gasteiger partial charge in [-0.25, -0.2) is 9.59 Å². The highest BCUT2D eigenvalue weighted by atomic mass is 16.6. The molecule has 2 amide bonds. The van der Waals surface area contributed by atoms with Gasteiger partial charge in [0.1, 0.15) is 18.9 Å². The molecule has 0 saturated carbocycles. The van der Waals surface area contributed by atoms with Gasteiger partial charge < -0.3 is 24.4 Å². The minimum absolute atomic E-state index is 0.0484. The van der Waals surface area contributed by atoms with E-state index in [9.17, 15) is 19.5 Å². The molecule has 2 saturated heterocycles. The van der Waals surface area contributed by atoms with Crippen LogP contribution < -0.4 is 0 Å². The number of rotatable bonds is 6. The summed E-state index contributed by atoms with van der Waals surface area (Å²) in [6.07, 6.45) is 2.10. The van der Waals surface area contributed by atoms with E-state index in [-0.39, 0.29) is 36.8 Å². The lowest BCUT2D eigenvalue weighted by Crippen LogP contribution is -2.65. The Morgan fingerprint density at radius 3 is 2.59 bits per heavy atom. The third-order valence-electron chi connectivity index (χ3n) is 5.29. The van der Waals surface area contributed by atoms with Crippen LogP contribution in [0.2, 0.25) is 0 Å². The van der Waals surface area contributed by atoms with Crippen LogP contribution in [0.5, 0.6) is 0 Å². The van der Waals surface area contributed by atoms with Gasteiger partial charge in [-0.1, -0.05) is 25.3 Å². The summed E-state index contributed by atoms with van der Waals surface area (Å²) in [5.41, 5.74) is 1.06. The highest BCUT2D eigenvalue weighted by Crippen LogP contribution is 2.50. The zero-order valence-corrected chi connectivity index (χ0v) is 15.3. The van der Waals surface area contributed by atoms with Crippen LogP contribution >= 0.6 is 0 Å². The van der Waals surface area contributed by atoms with Crippen molar-refractivity contribution in [3.63, 3.8) is 0 Å². The second kappa shape index (κ2) is 7.56. The smallest absolute Gasteiger partial charge is 0.410 e. The van der Waals surface area contributed by atoms with E-state index < -0.39 is 24.1 Å². The van der Waals surface area contributed by atoms with Crippen molar-refractivity contribution in [2.45, 2.75) is 25.5 Å². The Labute approximate surface area is 157 Å². The molecule has 3 aliphatic rings. The molecule has 0 spiro atoms. The summed E-state index contributed by atoms with van der Waals surface area (Å²) in [6, 6.07) is -0.353. The van der Waals surface area contributed by atoms with Crippen LogP contribution in [0.15, 0.2) is 36.6 Å². The summed E-state index contributed by atoms with van der Waals surface area (Å²) >= 11 is 0. The number of piperidine rings is 1. The monoisotopic (exact) mass is 376 g/mol. The Kier molecular flexibility index (Phi) is 5.36. The number of carbonyl (C=O) groups is 3. The number of β-lactam (4-membered cyclic amide) rings is 1. The first-order valence-corrected chi connectivity index (χ1v) is 8.97. The molecule has 3 heterocycles. The van der Waals surface area contributed by atoms with E-state index in [1.807, 2.05) is 0 Å². The minimum Gasteiger partial charge on any atom is -0.457 e. The maximum absolute atomic E-state index is 12.6. The first kappa shape index (κ1) is 19.2. The Morgan fingerprint density at radius 1 is 1.30 bits per heavy atom. The number of carbonyl (C=O) groups excluding carboxylic acids is 3. The van der Waals surface area contributed by atoms with Crippen molar-refractivity contribution in [1.82, 2.24) is 9.80 Å². The molecule has 2 fully saturated rings. The van der Waals surface area contributed by atoms with Gasteiger partial charge in [0.2, 0.25) is 5.91 Å².